The van der Waals surface area contributed by atoms with Gasteiger partial charge in [-0.1, -0.05) is 17.7 Å². The van der Waals surface area contributed by atoms with Crippen LogP contribution in [0, 0.1) is 18.2 Å². The van der Waals surface area contributed by atoms with Crippen molar-refractivity contribution in [2.24, 2.45) is 5.73 Å². The lowest BCUT2D eigenvalue weighted by atomic mass is 10.1. The predicted molar refractivity (Wildman–Crippen MR) is 77.9 cm³/mol. The third-order valence-corrected chi connectivity index (χ3v) is 3.25. The van der Waals surface area contributed by atoms with Gasteiger partial charge >= 0.3 is 0 Å². The van der Waals surface area contributed by atoms with Gasteiger partial charge in [0.1, 0.15) is 24.0 Å². The molecule has 0 aliphatic carbocycles. The second kappa shape index (κ2) is 5.92. The lowest BCUT2D eigenvalue weighted by molar-refractivity contribution is 0.305. The Labute approximate surface area is 121 Å². The van der Waals surface area contributed by atoms with E-state index in [0.717, 1.165) is 11.1 Å². The number of nitrogens with one attached hydrogen (secondary N) is 1. The second-order valence-corrected chi connectivity index (χ2v) is 4.82. The number of nitrogen functional groups attached to an aromatic ring is 1. The van der Waals surface area contributed by atoms with Gasteiger partial charge in [0, 0.05) is 5.56 Å². The Hall–Kier alpha value is -2.07. The molecule has 0 aliphatic rings. The minimum atomic E-state index is -0.292. The minimum Gasteiger partial charge on any atom is -0.489 e. The van der Waals surface area contributed by atoms with Crippen LogP contribution < -0.4 is 10.5 Å². The monoisotopic (exact) mass is 292 g/mol. The van der Waals surface area contributed by atoms with E-state index in [0.29, 0.717) is 16.3 Å². The molecule has 0 amide bonds. The predicted octanol–water partition coefficient (Wildman–Crippen LogP) is 3.65. The standard InChI is InChI=1S/C15H14ClFN2O/c1-9-2-3-11(17)6-10(9)8-20-12-4-5-13(15(18)19)14(16)7-12/h2-7H,8H2,1H3,(H3,18,19). The fourth-order valence-corrected chi connectivity index (χ4v) is 2.03. The fourth-order valence-electron chi connectivity index (χ4n) is 1.76. The lowest BCUT2D eigenvalue weighted by Crippen LogP contribution is -2.11. The third-order valence-electron chi connectivity index (χ3n) is 2.94. The van der Waals surface area contributed by atoms with Crippen LogP contribution in [0.4, 0.5) is 4.39 Å². The van der Waals surface area contributed by atoms with Crippen molar-refractivity contribution in [3.63, 3.8) is 0 Å². The van der Waals surface area contributed by atoms with Gasteiger partial charge < -0.3 is 10.5 Å². The molecule has 3 nitrogen and oxygen atoms in total. The highest BCUT2D eigenvalue weighted by Gasteiger charge is 2.06. The molecule has 0 saturated heterocycles. The van der Waals surface area contributed by atoms with Crippen LogP contribution in [0.25, 0.3) is 0 Å². The van der Waals surface area contributed by atoms with Crippen molar-refractivity contribution in [1.82, 2.24) is 0 Å². The molecular weight excluding hydrogens is 279 g/mol. The van der Waals surface area contributed by atoms with E-state index < -0.39 is 0 Å². The highest BCUT2D eigenvalue weighted by Crippen LogP contribution is 2.23. The van der Waals surface area contributed by atoms with E-state index in [1.165, 1.54) is 12.1 Å². The van der Waals surface area contributed by atoms with Gasteiger partial charge in [0.25, 0.3) is 0 Å². The summed E-state index contributed by atoms with van der Waals surface area (Å²) in [6, 6.07) is 9.46. The van der Waals surface area contributed by atoms with Gasteiger partial charge in [-0.05, 0) is 48.4 Å². The van der Waals surface area contributed by atoms with E-state index in [4.69, 9.17) is 27.5 Å². The lowest BCUT2D eigenvalue weighted by Gasteiger charge is -2.10. The molecule has 2 aromatic carbocycles. The molecule has 0 spiro atoms. The van der Waals surface area contributed by atoms with E-state index in [2.05, 4.69) is 0 Å². The van der Waals surface area contributed by atoms with Crippen LogP contribution in [0.3, 0.4) is 0 Å². The number of rotatable bonds is 4. The zero-order chi connectivity index (χ0) is 14.7. The van der Waals surface area contributed by atoms with Crippen molar-refractivity contribution < 1.29 is 9.13 Å². The number of nitrogens with two attached hydrogens (primary N) is 1. The molecule has 0 atom stereocenters. The average molecular weight is 293 g/mol. The molecule has 0 heterocycles. The van der Waals surface area contributed by atoms with E-state index in [1.54, 1.807) is 24.3 Å². The number of ether oxygens (including phenoxy) is 1. The first-order valence-corrected chi connectivity index (χ1v) is 6.37. The van der Waals surface area contributed by atoms with Crippen LogP contribution in [0.2, 0.25) is 5.02 Å². The summed E-state index contributed by atoms with van der Waals surface area (Å²) < 4.78 is 18.7. The normalized spacial score (nSPS) is 10.3. The Kier molecular flexibility index (Phi) is 4.25. The molecule has 0 unspecified atom stereocenters. The molecule has 3 N–H and O–H groups in total. The summed E-state index contributed by atoms with van der Waals surface area (Å²) in [6.45, 7) is 2.14. The second-order valence-electron chi connectivity index (χ2n) is 4.41. The molecule has 2 rings (SSSR count). The minimum absolute atomic E-state index is 0.0949. The van der Waals surface area contributed by atoms with Crippen LogP contribution in [0.1, 0.15) is 16.7 Å². The maximum Gasteiger partial charge on any atom is 0.124 e. The summed E-state index contributed by atoms with van der Waals surface area (Å²) in [5, 5.41) is 7.70. The van der Waals surface area contributed by atoms with Crippen LogP contribution in [-0.4, -0.2) is 5.84 Å². The molecule has 104 valence electrons. The first-order valence-electron chi connectivity index (χ1n) is 5.99. The molecule has 5 heteroatoms. The van der Waals surface area contributed by atoms with E-state index in [9.17, 15) is 4.39 Å². The van der Waals surface area contributed by atoms with Crippen LogP contribution in [0.15, 0.2) is 36.4 Å². The van der Waals surface area contributed by atoms with Crippen molar-refractivity contribution in [1.29, 1.82) is 5.41 Å². The summed E-state index contributed by atoms with van der Waals surface area (Å²) in [6.07, 6.45) is 0. The number of hydrogen-bond donors (Lipinski definition) is 2. The molecule has 0 radical (unpaired) electrons. The van der Waals surface area contributed by atoms with Gasteiger partial charge in [-0.3, -0.25) is 5.41 Å². The molecule has 0 aromatic heterocycles. The molecule has 20 heavy (non-hydrogen) atoms. The largest absolute Gasteiger partial charge is 0.489 e. The van der Waals surface area contributed by atoms with Crippen LogP contribution >= 0.6 is 11.6 Å². The van der Waals surface area contributed by atoms with Crippen molar-refractivity contribution in [3.05, 3.63) is 63.9 Å². The van der Waals surface area contributed by atoms with Crippen LogP contribution in [0.5, 0.6) is 5.75 Å². The zero-order valence-corrected chi connectivity index (χ0v) is 11.7. The SMILES string of the molecule is Cc1ccc(F)cc1COc1ccc(C(=N)N)c(Cl)c1. The highest BCUT2D eigenvalue weighted by molar-refractivity contribution is 6.34. The van der Waals surface area contributed by atoms with Gasteiger partial charge in [0.15, 0.2) is 0 Å². The first-order chi connectivity index (χ1) is 9.47. The van der Waals surface area contributed by atoms with E-state index in [-0.39, 0.29) is 18.3 Å². The van der Waals surface area contributed by atoms with E-state index >= 15 is 0 Å². The number of amidine groups is 1. The fraction of sp³-hybridized carbons (Fsp3) is 0.133. The molecule has 0 saturated carbocycles. The maximum absolute atomic E-state index is 13.2. The number of aryl methyl sites for hydroxylation is 1. The van der Waals surface area contributed by atoms with E-state index in [1.807, 2.05) is 6.92 Å². The Bertz CT molecular complexity index is 658. The van der Waals surface area contributed by atoms with Gasteiger partial charge in [-0.15, -0.1) is 0 Å². The Morgan fingerprint density at radius 1 is 1.30 bits per heavy atom. The smallest absolute Gasteiger partial charge is 0.124 e. The molecule has 0 bridgehead atoms. The number of hydrogen-bond acceptors (Lipinski definition) is 2. The van der Waals surface area contributed by atoms with Crippen molar-refractivity contribution >= 4 is 17.4 Å². The highest BCUT2D eigenvalue weighted by atomic mass is 35.5. The van der Waals surface area contributed by atoms with Crippen molar-refractivity contribution in [2.45, 2.75) is 13.5 Å². The topological polar surface area (TPSA) is 59.1 Å². The van der Waals surface area contributed by atoms with Crippen molar-refractivity contribution in [3.8, 4) is 5.75 Å². The van der Waals surface area contributed by atoms with Crippen LogP contribution in [-0.2, 0) is 6.61 Å². The number of halogens is 2. The zero-order valence-electron chi connectivity index (χ0n) is 10.9. The molecule has 2 aromatic rings. The third kappa shape index (κ3) is 3.27. The molecule has 0 fully saturated rings. The summed E-state index contributed by atoms with van der Waals surface area (Å²) in [7, 11) is 0. The average Bonchev–Trinajstić information content (AvgIpc) is 2.39. The van der Waals surface area contributed by atoms with Crippen molar-refractivity contribution in [2.75, 3.05) is 0 Å². The number of benzene rings is 2. The molecular formula is C15H14ClFN2O. The van der Waals surface area contributed by atoms with Gasteiger partial charge in [0.05, 0.1) is 5.02 Å². The summed E-state index contributed by atoms with van der Waals surface area (Å²) in [5.41, 5.74) is 7.57. The maximum atomic E-state index is 13.2. The Morgan fingerprint density at radius 2 is 2.05 bits per heavy atom. The van der Waals surface area contributed by atoms with Gasteiger partial charge in [0.2, 0.25) is 0 Å². The Balaban J connectivity index is 2.13. The van der Waals surface area contributed by atoms with Gasteiger partial charge in [-0.2, -0.15) is 0 Å². The quantitative estimate of drug-likeness (QED) is 0.667. The summed E-state index contributed by atoms with van der Waals surface area (Å²) in [5.74, 6) is 0.158. The summed E-state index contributed by atoms with van der Waals surface area (Å²) >= 11 is 6.00. The molecule has 0 aliphatic heterocycles. The Morgan fingerprint density at radius 3 is 2.70 bits per heavy atom. The first kappa shape index (κ1) is 14.3. The summed E-state index contributed by atoms with van der Waals surface area (Å²) in [4.78, 5) is 0. The van der Waals surface area contributed by atoms with Gasteiger partial charge in [-0.25, -0.2) is 4.39 Å².